The molecule has 3 rings (SSSR count). The Hall–Kier alpha value is 0.200. The molecule has 0 aromatic carbocycles. The van der Waals surface area contributed by atoms with E-state index in [9.17, 15) is 8.42 Å². The van der Waals surface area contributed by atoms with Crippen molar-refractivity contribution in [3.63, 3.8) is 0 Å². The second-order valence-electron chi connectivity index (χ2n) is 5.54. The Morgan fingerprint density at radius 2 is 1.88 bits per heavy atom. The lowest BCUT2D eigenvalue weighted by Gasteiger charge is -2.17. The first-order valence-corrected chi connectivity index (χ1v) is 8.41. The molecule has 16 heavy (non-hydrogen) atoms. The van der Waals surface area contributed by atoms with Crippen molar-refractivity contribution < 1.29 is 13.2 Å². The van der Waals surface area contributed by atoms with E-state index < -0.39 is 13.8 Å². The Balaban J connectivity index is 1.60. The minimum absolute atomic E-state index is 0.127. The van der Waals surface area contributed by atoms with Crippen LogP contribution in [0, 0.1) is 5.92 Å². The normalized spacial score (nSPS) is 37.6. The first-order chi connectivity index (χ1) is 7.50. The standard InChI is InChI=1S/C11H17ClO3S/c12-16(13,14)11(5-6-11)7-9-3-4-10(15-9)8-1-2-8/h8-10H,1-7H2. The lowest BCUT2D eigenvalue weighted by atomic mass is 10.1. The second-order valence-corrected chi connectivity index (χ2v) is 8.50. The van der Waals surface area contributed by atoms with Gasteiger partial charge in [-0.2, -0.15) is 0 Å². The molecule has 2 atom stereocenters. The van der Waals surface area contributed by atoms with Crippen LogP contribution in [0.4, 0.5) is 0 Å². The molecule has 0 radical (unpaired) electrons. The maximum atomic E-state index is 11.4. The number of hydrogen-bond donors (Lipinski definition) is 0. The fourth-order valence-corrected chi connectivity index (χ4v) is 4.43. The van der Waals surface area contributed by atoms with E-state index in [2.05, 4.69) is 0 Å². The van der Waals surface area contributed by atoms with Gasteiger partial charge in [0.2, 0.25) is 9.05 Å². The van der Waals surface area contributed by atoms with Crippen LogP contribution in [0.3, 0.4) is 0 Å². The summed E-state index contributed by atoms with van der Waals surface area (Å²) in [7, 11) is 2.09. The van der Waals surface area contributed by atoms with Crippen LogP contribution >= 0.6 is 10.7 Å². The molecule has 0 bridgehead atoms. The van der Waals surface area contributed by atoms with Crippen LogP contribution in [0.25, 0.3) is 0 Å². The van der Waals surface area contributed by atoms with Crippen LogP contribution < -0.4 is 0 Å². The quantitative estimate of drug-likeness (QED) is 0.733. The SMILES string of the molecule is O=S(=O)(Cl)C1(CC2CCC(C3CC3)O2)CC1. The number of hydrogen-bond acceptors (Lipinski definition) is 3. The number of ether oxygens (including phenoxy) is 1. The molecule has 5 heteroatoms. The first-order valence-electron chi connectivity index (χ1n) is 6.10. The maximum Gasteiger partial charge on any atom is 0.238 e. The van der Waals surface area contributed by atoms with Crippen molar-refractivity contribution in [2.24, 2.45) is 5.92 Å². The van der Waals surface area contributed by atoms with E-state index in [1.165, 1.54) is 12.8 Å². The Bertz CT molecular complexity index is 384. The van der Waals surface area contributed by atoms with E-state index >= 15 is 0 Å². The molecule has 3 nitrogen and oxygen atoms in total. The van der Waals surface area contributed by atoms with Gasteiger partial charge in [-0.1, -0.05) is 0 Å². The molecular formula is C11H17ClO3S. The molecule has 92 valence electrons. The molecule has 0 N–H and O–H groups in total. The Morgan fingerprint density at radius 3 is 2.38 bits per heavy atom. The zero-order chi connectivity index (χ0) is 11.4. The van der Waals surface area contributed by atoms with E-state index in [1.807, 2.05) is 0 Å². The van der Waals surface area contributed by atoms with Crippen LogP contribution in [0.2, 0.25) is 0 Å². The second kappa shape index (κ2) is 3.59. The van der Waals surface area contributed by atoms with Crippen molar-refractivity contribution in [3.05, 3.63) is 0 Å². The predicted octanol–water partition coefficient (Wildman–Crippen LogP) is 2.44. The molecular weight excluding hydrogens is 248 g/mol. The van der Waals surface area contributed by atoms with Crippen molar-refractivity contribution in [3.8, 4) is 0 Å². The third-order valence-corrected chi connectivity index (χ3v) is 6.80. The average Bonchev–Trinajstić information content (AvgIpc) is 3.05. The highest BCUT2D eigenvalue weighted by Gasteiger charge is 2.55. The Morgan fingerprint density at radius 1 is 1.19 bits per heavy atom. The third-order valence-electron chi connectivity index (χ3n) is 4.21. The molecule has 1 saturated heterocycles. The monoisotopic (exact) mass is 264 g/mol. The van der Waals surface area contributed by atoms with Gasteiger partial charge < -0.3 is 4.74 Å². The summed E-state index contributed by atoms with van der Waals surface area (Å²) in [5.41, 5.74) is 0. The molecule has 0 aromatic heterocycles. The van der Waals surface area contributed by atoms with Gasteiger partial charge >= 0.3 is 0 Å². The van der Waals surface area contributed by atoms with Gasteiger partial charge in [-0.25, -0.2) is 8.42 Å². The minimum Gasteiger partial charge on any atom is -0.375 e. The van der Waals surface area contributed by atoms with E-state index in [0.717, 1.165) is 18.8 Å². The van der Waals surface area contributed by atoms with Crippen LogP contribution in [0.1, 0.15) is 44.9 Å². The van der Waals surface area contributed by atoms with Crippen molar-refractivity contribution in [2.75, 3.05) is 0 Å². The Kier molecular flexibility index (Phi) is 2.54. The molecule has 2 aliphatic carbocycles. The number of halogens is 1. The molecule has 0 spiro atoms. The summed E-state index contributed by atoms with van der Waals surface area (Å²) in [6, 6.07) is 0. The highest BCUT2D eigenvalue weighted by Crippen LogP contribution is 2.51. The third kappa shape index (κ3) is 2.00. The van der Waals surface area contributed by atoms with Gasteiger partial charge in [-0.15, -0.1) is 0 Å². The molecule has 1 heterocycles. The summed E-state index contributed by atoms with van der Waals surface area (Å²) in [5.74, 6) is 0.757. The van der Waals surface area contributed by atoms with Gasteiger partial charge in [0.1, 0.15) is 0 Å². The van der Waals surface area contributed by atoms with Crippen LogP contribution in [-0.4, -0.2) is 25.4 Å². The van der Waals surface area contributed by atoms with Crippen molar-refractivity contribution >= 4 is 19.7 Å². The largest absolute Gasteiger partial charge is 0.375 e. The van der Waals surface area contributed by atoms with E-state index in [0.29, 0.717) is 25.4 Å². The molecule has 0 amide bonds. The zero-order valence-electron chi connectivity index (χ0n) is 9.19. The van der Waals surface area contributed by atoms with Crippen LogP contribution in [0.15, 0.2) is 0 Å². The molecule has 3 aliphatic rings. The molecule has 0 aromatic rings. The van der Waals surface area contributed by atoms with Crippen LogP contribution in [-0.2, 0) is 13.8 Å². The zero-order valence-corrected chi connectivity index (χ0v) is 10.8. The first kappa shape index (κ1) is 11.3. The lowest BCUT2D eigenvalue weighted by molar-refractivity contribution is 0.0274. The number of rotatable bonds is 4. The summed E-state index contributed by atoms with van der Waals surface area (Å²) in [6.07, 6.45) is 7.26. The highest BCUT2D eigenvalue weighted by atomic mass is 35.7. The molecule has 2 saturated carbocycles. The van der Waals surface area contributed by atoms with Gasteiger partial charge in [-0.05, 0) is 50.9 Å². The smallest absolute Gasteiger partial charge is 0.238 e. The summed E-state index contributed by atoms with van der Waals surface area (Å²) in [6.45, 7) is 0. The van der Waals surface area contributed by atoms with Gasteiger partial charge in [0.05, 0.1) is 17.0 Å². The van der Waals surface area contributed by atoms with Gasteiger partial charge in [0, 0.05) is 10.7 Å². The topological polar surface area (TPSA) is 43.4 Å². The summed E-state index contributed by atoms with van der Waals surface area (Å²) < 4.78 is 28.2. The summed E-state index contributed by atoms with van der Waals surface area (Å²) >= 11 is 0. The summed E-state index contributed by atoms with van der Waals surface area (Å²) in [5, 5.41) is 0. The maximum absolute atomic E-state index is 11.4. The predicted molar refractivity (Wildman–Crippen MR) is 62.0 cm³/mol. The van der Waals surface area contributed by atoms with Gasteiger partial charge in [0.25, 0.3) is 0 Å². The highest BCUT2D eigenvalue weighted by molar-refractivity contribution is 8.15. The van der Waals surface area contributed by atoms with Gasteiger partial charge in [0.15, 0.2) is 0 Å². The fraction of sp³-hybridized carbons (Fsp3) is 1.00. The minimum atomic E-state index is -3.41. The van der Waals surface area contributed by atoms with Crippen molar-refractivity contribution in [1.82, 2.24) is 0 Å². The van der Waals surface area contributed by atoms with Crippen molar-refractivity contribution in [2.45, 2.75) is 61.9 Å². The lowest BCUT2D eigenvalue weighted by Crippen LogP contribution is -2.25. The molecule has 1 aliphatic heterocycles. The fourth-order valence-electron chi connectivity index (χ4n) is 2.80. The van der Waals surface area contributed by atoms with Crippen molar-refractivity contribution in [1.29, 1.82) is 0 Å². The van der Waals surface area contributed by atoms with Crippen LogP contribution in [0.5, 0.6) is 0 Å². The molecule has 3 fully saturated rings. The van der Waals surface area contributed by atoms with Gasteiger partial charge in [-0.3, -0.25) is 0 Å². The average molecular weight is 265 g/mol. The van der Waals surface area contributed by atoms with E-state index in [-0.39, 0.29) is 6.10 Å². The Labute approximate surface area is 101 Å². The summed E-state index contributed by atoms with van der Waals surface area (Å²) in [4.78, 5) is 0. The molecule has 2 unspecified atom stereocenters. The van der Waals surface area contributed by atoms with E-state index in [4.69, 9.17) is 15.4 Å². The van der Waals surface area contributed by atoms with E-state index in [1.54, 1.807) is 0 Å².